The molecule has 0 bridgehead atoms. The van der Waals surface area contributed by atoms with Gasteiger partial charge in [-0.1, -0.05) is 23.2 Å². The number of hydrogen-bond donors (Lipinski definition) is 1. The number of aliphatic carboxylic acids is 1. The fourth-order valence-corrected chi connectivity index (χ4v) is 2.27. The van der Waals surface area contributed by atoms with Crippen molar-refractivity contribution in [2.45, 2.75) is 12.8 Å². The van der Waals surface area contributed by atoms with Crippen LogP contribution in [0.15, 0.2) is 12.1 Å². The molecule has 14 heavy (non-hydrogen) atoms. The summed E-state index contributed by atoms with van der Waals surface area (Å²) in [6.07, 6.45) is 0.582. The fraction of sp³-hybridized carbons (Fsp3) is 0.222. The van der Waals surface area contributed by atoms with Gasteiger partial charge in [0, 0.05) is 9.99 Å². The number of hydrogen-bond acceptors (Lipinski definition) is 1. The molecule has 76 valence electrons. The Hall–Kier alpha value is -0.000000000000000111. The standard InChI is InChI=1S/C9H7Cl2IO2/c10-6-3-5(1-2-9(13)14)8(12)4-7(6)11/h3-4H,1-2H2,(H,13,14). The number of carboxylic acid groups (broad SMARTS) is 1. The lowest BCUT2D eigenvalue weighted by molar-refractivity contribution is -0.136. The van der Waals surface area contributed by atoms with Gasteiger partial charge in [-0.05, 0) is 46.7 Å². The first kappa shape index (κ1) is 12.1. The maximum atomic E-state index is 10.4. The largest absolute Gasteiger partial charge is 0.481 e. The minimum absolute atomic E-state index is 0.105. The molecule has 0 aliphatic heterocycles. The lowest BCUT2D eigenvalue weighted by Gasteiger charge is -2.04. The zero-order chi connectivity index (χ0) is 10.7. The van der Waals surface area contributed by atoms with Crippen LogP contribution in [0.25, 0.3) is 0 Å². The normalized spacial score (nSPS) is 10.2. The van der Waals surface area contributed by atoms with Gasteiger partial charge in [0.1, 0.15) is 0 Å². The van der Waals surface area contributed by atoms with Crippen LogP contribution in [0.3, 0.4) is 0 Å². The van der Waals surface area contributed by atoms with E-state index < -0.39 is 5.97 Å². The van der Waals surface area contributed by atoms with Crippen LogP contribution >= 0.6 is 45.8 Å². The molecule has 0 unspecified atom stereocenters. The average Bonchev–Trinajstić information content (AvgIpc) is 2.09. The van der Waals surface area contributed by atoms with Crippen molar-refractivity contribution in [1.82, 2.24) is 0 Å². The van der Waals surface area contributed by atoms with Gasteiger partial charge in [-0.15, -0.1) is 0 Å². The zero-order valence-electron chi connectivity index (χ0n) is 7.06. The smallest absolute Gasteiger partial charge is 0.303 e. The third kappa shape index (κ3) is 3.29. The monoisotopic (exact) mass is 344 g/mol. The highest BCUT2D eigenvalue weighted by Gasteiger charge is 2.07. The van der Waals surface area contributed by atoms with Gasteiger partial charge < -0.3 is 5.11 Å². The van der Waals surface area contributed by atoms with E-state index >= 15 is 0 Å². The molecule has 0 atom stereocenters. The molecule has 2 nitrogen and oxygen atoms in total. The molecule has 0 heterocycles. The second-order valence-electron chi connectivity index (χ2n) is 2.75. The van der Waals surface area contributed by atoms with Crippen molar-refractivity contribution in [3.8, 4) is 0 Å². The van der Waals surface area contributed by atoms with Gasteiger partial charge in [-0.2, -0.15) is 0 Å². The molecule has 1 aromatic carbocycles. The lowest BCUT2D eigenvalue weighted by Crippen LogP contribution is -1.99. The molecule has 0 spiro atoms. The van der Waals surface area contributed by atoms with E-state index in [4.69, 9.17) is 28.3 Å². The number of aryl methyl sites for hydroxylation is 1. The third-order valence-electron chi connectivity index (χ3n) is 1.70. The van der Waals surface area contributed by atoms with Crippen LogP contribution < -0.4 is 0 Å². The van der Waals surface area contributed by atoms with Crippen LogP contribution in [0.1, 0.15) is 12.0 Å². The molecule has 5 heteroatoms. The highest BCUT2D eigenvalue weighted by Crippen LogP contribution is 2.27. The topological polar surface area (TPSA) is 37.3 Å². The van der Waals surface area contributed by atoms with Crippen molar-refractivity contribution in [2.24, 2.45) is 0 Å². The van der Waals surface area contributed by atoms with Gasteiger partial charge >= 0.3 is 5.97 Å². The predicted molar refractivity (Wildman–Crippen MR) is 65.1 cm³/mol. The maximum Gasteiger partial charge on any atom is 0.303 e. The highest BCUT2D eigenvalue weighted by atomic mass is 127. The Morgan fingerprint density at radius 2 is 1.93 bits per heavy atom. The Labute approximate surface area is 105 Å². The molecule has 0 saturated carbocycles. The quantitative estimate of drug-likeness (QED) is 0.671. The van der Waals surface area contributed by atoms with Crippen molar-refractivity contribution in [3.05, 3.63) is 31.3 Å². The van der Waals surface area contributed by atoms with E-state index in [0.717, 1.165) is 9.13 Å². The number of benzene rings is 1. The summed E-state index contributed by atoms with van der Waals surface area (Å²) in [7, 11) is 0. The van der Waals surface area contributed by atoms with Crippen LogP contribution in [0, 0.1) is 3.57 Å². The Morgan fingerprint density at radius 1 is 1.36 bits per heavy atom. The molecule has 1 rings (SSSR count). The molecule has 0 fully saturated rings. The van der Waals surface area contributed by atoms with Crippen LogP contribution in [0.5, 0.6) is 0 Å². The third-order valence-corrected chi connectivity index (χ3v) is 3.42. The molecular formula is C9H7Cl2IO2. The van der Waals surface area contributed by atoms with Crippen LogP contribution in [0.4, 0.5) is 0 Å². The maximum absolute atomic E-state index is 10.4. The number of halogens is 3. The summed E-state index contributed by atoms with van der Waals surface area (Å²) >= 11 is 13.7. The van der Waals surface area contributed by atoms with E-state index in [0.29, 0.717) is 16.5 Å². The fourth-order valence-electron chi connectivity index (χ4n) is 0.997. The van der Waals surface area contributed by atoms with Gasteiger partial charge in [-0.25, -0.2) is 0 Å². The number of carboxylic acids is 1. The second-order valence-corrected chi connectivity index (χ2v) is 4.73. The van der Waals surface area contributed by atoms with E-state index in [9.17, 15) is 4.79 Å². The SMILES string of the molecule is O=C(O)CCc1cc(Cl)c(Cl)cc1I. The van der Waals surface area contributed by atoms with Gasteiger partial charge in [-0.3, -0.25) is 4.79 Å². The summed E-state index contributed by atoms with van der Waals surface area (Å²) in [6.45, 7) is 0. The molecule has 0 saturated heterocycles. The van der Waals surface area contributed by atoms with Gasteiger partial charge in [0.15, 0.2) is 0 Å². The Bertz CT molecular complexity index is 366. The molecule has 0 aromatic heterocycles. The Kier molecular flexibility index (Phi) is 4.47. The van der Waals surface area contributed by atoms with Gasteiger partial charge in [0.2, 0.25) is 0 Å². The molecule has 1 N–H and O–H groups in total. The number of rotatable bonds is 3. The van der Waals surface area contributed by atoms with Crippen molar-refractivity contribution >= 4 is 51.8 Å². The Balaban J connectivity index is 2.87. The molecule has 0 radical (unpaired) electrons. The van der Waals surface area contributed by atoms with Crippen LogP contribution in [0.2, 0.25) is 10.0 Å². The van der Waals surface area contributed by atoms with Crippen molar-refractivity contribution in [1.29, 1.82) is 0 Å². The van der Waals surface area contributed by atoms with Crippen molar-refractivity contribution in [3.63, 3.8) is 0 Å². The first-order valence-corrected chi connectivity index (χ1v) is 5.69. The van der Waals surface area contributed by atoms with Crippen molar-refractivity contribution in [2.75, 3.05) is 0 Å². The van der Waals surface area contributed by atoms with Gasteiger partial charge in [0.05, 0.1) is 10.0 Å². The average molecular weight is 345 g/mol. The van der Waals surface area contributed by atoms with Crippen molar-refractivity contribution < 1.29 is 9.90 Å². The lowest BCUT2D eigenvalue weighted by atomic mass is 10.1. The summed E-state index contributed by atoms with van der Waals surface area (Å²) < 4.78 is 0.943. The molecule has 1 aromatic rings. The minimum Gasteiger partial charge on any atom is -0.481 e. The van der Waals surface area contributed by atoms with E-state index in [1.807, 2.05) is 0 Å². The Morgan fingerprint density at radius 3 is 2.50 bits per heavy atom. The summed E-state index contributed by atoms with van der Waals surface area (Å²) in [5.41, 5.74) is 0.919. The molecule has 0 amide bonds. The minimum atomic E-state index is -0.813. The summed E-state index contributed by atoms with van der Waals surface area (Å²) in [5.74, 6) is -0.813. The first-order valence-electron chi connectivity index (χ1n) is 3.86. The predicted octanol–water partition coefficient (Wildman–Crippen LogP) is 3.62. The van der Waals surface area contributed by atoms with Crippen LogP contribution in [-0.4, -0.2) is 11.1 Å². The van der Waals surface area contributed by atoms with E-state index in [1.165, 1.54) is 0 Å². The van der Waals surface area contributed by atoms with E-state index in [1.54, 1.807) is 12.1 Å². The summed E-state index contributed by atoms with van der Waals surface area (Å²) in [5, 5.41) is 9.49. The highest BCUT2D eigenvalue weighted by molar-refractivity contribution is 14.1. The van der Waals surface area contributed by atoms with E-state index in [-0.39, 0.29) is 6.42 Å². The summed E-state index contributed by atoms with van der Waals surface area (Å²) in [6, 6.07) is 3.45. The van der Waals surface area contributed by atoms with Gasteiger partial charge in [0.25, 0.3) is 0 Å². The van der Waals surface area contributed by atoms with E-state index in [2.05, 4.69) is 22.6 Å². The zero-order valence-corrected chi connectivity index (χ0v) is 10.7. The summed E-state index contributed by atoms with van der Waals surface area (Å²) in [4.78, 5) is 10.4. The molecular weight excluding hydrogens is 338 g/mol. The number of carbonyl (C=O) groups is 1. The van der Waals surface area contributed by atoms with Crippen LogP contribution in [-0.2, 0) is 11.2 Å². The second kappa shape index (κ2) is 5.19. The molecule has 0 aliphatic rings. The molecule has 0 aliphatic carbocycles. The first-order chi connectivity index (χ1) is 6.50.